The SMILES string of the molecule is CC(C)NC(=O)c1ccc(CN2C(=O)CSc3ccccc32)cc1. The van der Waals surface area contributed by atoms with Gasteiger partial charge < -0.3 is 10.2 Å². The summed E-state index contributed by atoms with van der Waals surface area (Å²) < 4.78 is 0. The van der Waals surface area contributed by atoms with Crippen LogP contribution < -0.4 is 10.2 Å². The molecule has 4 nitrogen and oxygen atoms in total. The molecule has 0 unspecified atom stereocenters. The molecular formula is C19H20N2O2S. The van der Waals surface area contributed by atoms with Crippen molar-refractivity contribution in [3.63, 3.8) is 0 Å². The van der Waals surface area contributed by atoms with E-state index in [0.717, 1.165) is 16.1 Å². The van der Waals surface area contributed by atoms with Gasteiger partial charge in [-0.15, -0.1) is 11.8 Å². The Balaban J connectivity index is 1.77. The van der Waals surface area contributed by atoms with E-state index in [0.29, 0.717) is 17.9 Å². The highest BCUT2D eigenvalue weighted by molar-refractivity contribution is 8.00. The zero-order valence-corrected chi connectivity index (χ0v) is 14.6. The smallest absolute Gasteiger partial charge is 0.251 e. The van der Waals surface area contributed by atoms with E-state index in [9.17, 15) is 9.59 Å². The van der Waals surface area contributed by atoms with Crippen LogP contribution in [0.15, 0.2) is 53.4 Å². The molecule has 0 bridgehead atoms. The van der Waals surface area contributed by atoms with E-state index in [-0.39, 0.29) is 17.9 Å². The third-order valence-corrected chi connectivity index (χ3v) is 4.83. The number of benzene rings is 2. The van der Waals surface area contributed by atoms with Crippen LogP contribution in [0.3, 0.4) is 0 Å². The molecule has 0 atom stereocenters. The number of carbonyl (C=O) groups is 2. The first-order chi connectivity index (χ1) is 11.5. The highest BCUT2D eigenvalue weighted by Gasteiger charge is 2.24. The molecule has 0 radical (unpaired) electrons. The zero-order valence-electron chi connectivity index (χ0n) is 13.8. The average molecular weight is 340 g/mol. The summed E-state index contributed by atoms with van der Waals surface area (Å²) in [5.41, 5.74) is 2.60. The highest BCUT2D eigenvalue weighted by atomic mass is 32.2. The molecule has 2 amide bonds. The molecule has 0 aliphatic carbocycles. The number of nitrogens with one attached hydrogen (secondary N) is 1. The van der Waals surface area contributed by atoms with Gasteiger partial charge in [0.2, 0.25) is 5.91 Å². The van der Waals surface area contributed by atoms with Crippen molar-refractivity contribution in [3.05, 3.63) is 59.7 Å². The minimum absolute atomic E-state index is 0.0765. The molecule has 1 aliphatic heterocycles. The number of amides is 2. The number of hydrogen-bond donors (Lipinski definition) is 1. The van der Waals surface area contributed by atoms with Gasteiger partial charge in [-0.3, -0.25) is 9.59 Å². The fraction of sp³-hybridized carbons (Fsp3) is 0.263. The molecule has 3 rings (SSSR count). The maximum atomic E-state index is 12.3. The Labute approximate surface area is 146 Å². The Kier molecular flexibility index (Phi) is 4.90. The topological polar surface area (TPSA) is 49.4 Å². The molecular weight excluding hydrogens is 320 g/mol. The molecule has 124 valence electrons. The monoisotopic (exact) mass is 340 g/mol. The molecule has 1 aliphatic rings. The lowest BCUT2D eigenvalue weighted by molar-refractivity contribution is -0.116. The standard InChI is InChI=1S/C19H20N2O2S/c1-13(2)20-19(23)15-9-7-14(8-10-15)11-21-16-5-3-4-6-17(16)24-12-18(21)22/h3-10,13H,11-12H2,1-2H3,(H,20,23). The molecule has 0 spiro atoms. The van der Waals surface area contributed by atoms with Crippen molar-refractivity contribution in [2.75, 3.05) is 10.7 Å². The van der Waals surface area contributed by atoms with E-state index in [2.05, 4.69) is 5.32 Å². The third kappa shape index (κ3) is 3.62. The van der Waals surface area contributed by atoms with Crippen LogP contribution in [-0.2, 0) is 11.3 Å². The summed E-state index contributed by atoms with van der Waals surface area (Å²) in [7, 11) is 0. The molecule has 5 heteroatoms. The van der Waals surface area contributed by atoms with Crippen LogP contribution in [0.25, 0.3) is 0 Å². The van der Waals surface area contributed by atoms with Gasteiger partial charge in [-0.1, -0.05) is 24.3 Å². The summed E-state index contributed by atoms with van der Waals surface area (Å²) >= 11 is 1.58. The van der Waals surface area contributed by atoms with Crippen LogP contribution in [0.5, 0.6) is 0 Å². The first-order valence-electron chi connectivity index (χ1n) is 7.96. The molecule has 0 aromatic heterocycles. The predicted molar refractivity (Wildman–Crippen MR) is 97.4 cm³/mol. The number of carbonyl (C=O) groups excluding carboxylic acids is 2. The van der Waals surface area contributed by atoms with Crippen LogP contribution in [0.4, 0.5) is 5.69 Å². The van der Waals surface area contributed by atoms with Crippen molar-refractivity contribution in [1.29, 1.82) is 0 Å². The Morgan fingerprint density at radius 3 is 2.58 bits per heavy atom. The van der Waals surface area contributed by atoms with Crippen LogP contribution in [-0.4, -0.2) is 23.6 Å². The fourth-order valence-corrected chi connectivity index (χ4v) is 3.55. The van der Waals surface area contributed by atoms with Crippen LogP contribution in [0.1, 0.15) is 29.8 Å². The molecule has 0 fully saturated rings. The van der Waals surface area contributed by atoms with Crippen LogP contribution >= 0.6 is 11.8 Å². The number of fused-ring (bicyclic) bond motifs is 1. The molecule has 2 aromatic rings. The van der Waals surface area contributed by atoms with Crippen molar-refractivity contribution < 1.29 is 9.59 Å². The first kappa shape index (κ1) is 16.6. The molecule has 24 heavy (non-hydrogen) atoms. The number of thioether (sulfide) groups is 1. The first-order valence-corrected chi connectivity index (χ1v) is 8.95. The van der Waals surface area contributed by atoms with Crippen molar-refractivity contribution in [3.8, 4) is 0 Å². The molecule has 1 N–H and O–H groups in total. The Morgan fingerprint density at radius 1 is 1.17 bits per heavy atom. The Morgan fingerprint density at radius 2 is 1.88 bits per heavy atom. The Hall–Kier alpha value is -2.27. The lowest BCUT2D eigenvalue weighted by Crippen LogP contribution is -2.34. The van der Waals surface area contributed by atoms with Gasteiger partial charge in [0.1, 0.15) is 0 Å². The number of nitrogens with zero attached hydrogens (tertiary/aromatic N) is 1. The summed E-state index contributed by atoms with van der Waals surface area (Å²) in [6.07, 6.45) is 0. The molecule has 1 heterocycles. The van der Waals surface area contributed by atoms with Gasteiger partial charge >= 0.3 is 0 Å². The summed E-state index contributed by atoms with van der Waals surface area (Å²) in [5.74, 6) is 0.499. The van der Waals surface area contributed by atoms with Gasteiger partial charge in [-0.25, -0.2) is 0 Å². The van der Waals surface area contributed by atoms with Crippen molar-refractivity contribution in [1.82, 2.24) is 5.32 Å². The van der Waals surface area contributed by atoms with E-state index in [4.69, 9.17) is 0 Å². The maximum Gasteiger partial charge on any atom is 0.251 e. The lowest BCUT2D eigenvalue weighted by Gasteiger charge is -2.29. The second kappa shape index (κ2) is 7.09. The van der Waals surface area contributed by atoms with Gasteiger partial charge in [0, 0.05) is 16.5 Å². The predicted octanol–water partition coefficient (Wildman–Crippen LogP) is 3.46. The summed E-state index contributed by atoms with van der Waals surface area (Å²) in [6, 6.07) is 15.5. The second-order valence-corrected chi connectivity index (χ2v) is 7.08. The van der Waals surface area contributed by atoms with E-state index < -0.39 is 0 Å². The van der Waals surface area contributed by atoms with Crippen molar-refractivity contribution >= 4 is 29.3 Å². The van der Waals surface area contributed by atoms with Crippen LogP contribution in [0.2, 0.25) is 0 Å². The van der Waals surface area contributed by atoms with Crippen molar-refractivity contribution in [2.24, 2.45) is 0 Å². The quantitative estimate of drug-likeness (QED) is 0.927. The second-order valence-electron chi connectivity index (χ2n) is 6.06. The van der Waals surface area contributed by atoms with Gasteiger partial charge in [-0.05, 0) is 43.7 Å². The minimum atomic E-state index is -0.0765. The minimum Gasteiger partial charge on any atom is -0.350 e. The van der Waals surface area contributed by atoms with E-state index >= 15 is 0 Å². The fourth-order valence-electron chi connectivity index (χ4n) is 2.62. The summed E-state index contributed by atoms with van der Waals surface area (Å²) in [5, 5.41) is 2.87. The average Bonchev–Trinajstić information content (AvgIpc) is 2.57. The van der Waals surface area contributed by atoms with Crippen LogP contribution in [0, 0.1) is 0 Å². The normalized spacial score (nSPS) is 13.8. The number of rotatable bonds is 4. The number of para-hydroxylation sites is 1. The van der Waals surface area contributed by atoms with Gasteiger partial charge in [-0.2, -0.15) is 0 Å². The van der Waals surface area contributed by atoms with E-state index in [1.807, 2.05) is 67.3 Å². The lowest BCUT2D eigenvalue weighted by atomic mass is 10.1. The van der Waals surface area contributed by atoms with E-state index in [1.54, 1.807) is 11.8 Å². The van der Waals surface area contributed by atoms with E-state index in [1.165, 1.54) is 0 Å². The van der Waals surface area contributed by atoms with Gasteiger partial charge in [0.05, 0.1) is 18.0 Å². The number of anilines is 1. The number of hydrogen-bond acceptors (Lipinski definition) is 3. The highest BCUT2D eigenvalue weighted by Crippen LogP contribution is 2.35. The molecule has 0 saturated carbocycles. The van der Waals surface area contributed by atoms with Gasteiger partial charge in [0.25, 0.3) is 5.91 Å². The molecule has 0 saturated heterocycles. The Bertz CT molecular complexity index is 756. The third-order valence-electron chi connectivity index (χ3n) is 3.78. The van der Waals surface area contributed by atoms with Crippen molar-refractivity contribution in [2.45, 2.75) is 31.3 Å². The molecule has 2 aromatic carbocycles. The summed E-state index contributed by atoms with van der Waals surface area (Å²) in [4.78, 5) is 27.2. The largest absolute Gasteiger partial charge is 0.350 e. The summed E-state index contributed by atoms with van der Waals surface area (Å²) in [6.45, 7) is 4.38. The van der Waals surface area contributed by atoms with Gasteiger partial charge in [0.15, 0.2) is 0 Å². The zero-order chi connectivity index (χ0) is 17.1. The maximum absolute atomic E-state index is 12.3.